The van der Waals surface area contributed by atoms with Crippen LogP contribution >= 0.6 is 0 Å². The predicted molar refractivity (Wildman–Crippen MR) is 115 cm³/mol. The second-order valence-corrected chi connectivity index (χ2v) is 7.31. The second-order valence-electron chi connectivity index (χ2n) is 7.31. The van der Waals surface area contributed by atoms with Crippen molar-refractivity contribution in [2.75, 3.05) is 38.3 Å². The van der Waals surface area contributed by atoms with Crippen molar-refractivity contribution in [1.82, 2.24) is 10.3 Å². The summed E-state index contributed by atoms with van der Waals surface area (Å²) in [6.07, 6.45) is 2.83. The van der Waals surface area contributed by atoms with Crippen molar-refractivity contribution in [2.24, 2.45) is 5.92 Å². The summed E-state index contributed by atoms with van der Waals surface area (Å²) in [7, 11) is 1.59. The first-order valence-electron chi connectivity index (χ1n) is 10.4. The summed E-state index contributed by atoms with van der Waals surface area (Å²) in [5.41, 5.74) is 0.216. The Morgan fingerprint density at radius 1 is 1.25 bits per heavy atom. The molecule has 0 radical (unpaired) electrons. The number of rotatable bonds is 8. The third-order valence-electron chi connectivity index (χ3n) is 5.33. The van der Waals surface area contributed by atoms with E-state index in [0.29, 0.717) is 62.2 Å². The SMILES string of the molecule is COc1ccccc1OCCNC(=O)C1CCN(c2oc(-c3ccco3)nc2C#N)CC1. The number of furan rings is 1. The average molecular weight is 436 g/mol. The minimum absolute atomic E-state index is 0.00243. The molecule has 0 spiro atoms. The average Bonchev–Trinajstić information content (AvgIpc) is 3.52. The molecular formula is C23H24N4O5. The quantitative estimate of drug-likeness (QED) is 0.536. The Labute approximate surface area is 185 Å². The van der Waals surface area contributed by atoms with Gasteiger partial charge in [0.05, 0.1) is 19.9 Å². The summed E-state index contributed by atoms with van der Waals surface area (Å²) in [5.74, 6) is 2.37. The van der Waals surface area contributed by atoms with E-state index in [-0.39, 0.29) is 23.4 Å². The Bertz CT molecular complexity index is 1080. The summed E-state index contributed by atoms with van der Waals surface area (Å²) in [6.45, 7) is 1.95. The van der Waals surface area contributed by atoms with Crippen molar-refractivity contribution in [2.45, 2.75) is 12.8 Å². The van der Waals surface area contributed by atoms with Crippen LogP contribution in [0.5, 0.6) is 11.5 Å². The third kappa shape index (κ3) is 4.70. The lowest BCUT2D eigenvalue weighted by Crippen LogP contribution is -2.41. The molecule has 0 atom stereocenters. The smallest absolute Gasteiger partial charge is 0.266 e. The maximum absolute atomic E-state index is 12.5. The van der Waals surface area contributed by atoms with Crippen LogP contribution in [0.2, 0.25) is 0 Å². The highest BCUT2D eigenvalue weighted by Crippen LogP contribution is 2.31. The Balaban J connectivity index is 1.26. The zero-order chi connectivity index (χ0) is 22.3. The molecule has 9 heteroatoms. The number of oxazole rings is 1. The second kappa shape index (κ2) is 9.92. The number of carbonyl (C=O) groups excluding carboxylic acids is 1. The Hall–Kier alpha value is -3.93. The molecule has 4 rings (SSSR count). The summed E-state index contributed by atoms with van der Waals surface area (Å²) in [6, 6.07) is 12.9. The summed E-state index contributed by atoms with van der Waals surface area (Å²) < 4.78 is 22.0. The molecule has 1 aliphatic rings. The van der Waals surface area contributed by atoms with Crippen molar-refractivity contribution < 1.29 is 23.1 Å². The van der Waals surface area contributed by atoms with E-state index >= 15 is 0 Å². The number of para-hydroxylation sites is 2. The van der Waals surface area contributed by atoms with E-state index in [0.717, 1.165) is 0 Å². The lowest BCUT2D eigenvalue weighted by molar-refractivity contribution is -0.125. The van der Waals surface area contributed by atoms with Crippen LogP contribution in [0.3, 0.4) is 0 Å². The van der Waals surface area contributed by atoms with Crippen molar-refractivity contribution >= 4 is 11.8 Å². The topological polar surface area (TPSA) is 114 Å². The number of hydrogen-bond acceptors (Lipinski definition) is 8. The Morgan fingerprint density at radius 2 is 2.03 bits per heavy atom. The maximum Gasteiger partial charge on any atom is 0.266 e. The number of nitrogens with one attached hydrogen (secondary N) is 1. The lowest BCUT2D eigenvalue weighted by Gasteiger charge is -2.30. The van der Waals surface area contributed by atoms with Gasteiger partial charge in [0.1, 0.15) is 12.7 Å². The number of amides is 1. The van der Waals surface area contributed by atoms with E-state index < -0.39 is 0 Å². The van der Waals surface area contributed by atoms with E-state index in [1.807, 2.05) is 29.2 Å². The molecule has 0 saturated carbocycles. The third-order valence-corrected chi connectivity index (χ3v) is 5.33. The molecule has 1 saturated heterocycles. The van der Waals surface area contributed by atoms with Crippen molar-refractivity contribution in [3.05, 3.63) is 48.4 Å². The summed E-state index contributed by atoms with van der Waals surface area (Å²) in [4.78, 5) is 18.7. The molecular weight excluding hydrogens is 412 g/mol. The van der Waals surface area contributed by atoms with Gasteiger partial charge in [0.15, 0.2) is 17.3 Å². The zero-order valence-electron chi connectivity index (χ0n) is 17.7. The Kier molecular flexibility index (Phi) is 6.60. The van der Waals surface area contributed by atoms with Gasteiger partial charge < -0.3 is 28.5 Å². The molecule has 1 amide bonds. The van der Waals surface area contributed by atoms with Crippen LogP contribution in [-0.2, 0) is 4.79 Å². The van der Waals surface area contributed by atoms with Gasteiger partial charge >= 0.3 is 0 Å². The van der Waals surface area contributed by atoms with Gasteiger partial charge in [-0.25, -0.2) is 0 Å². The number of aromatic nitrogens is 1. The van der Waals surface area contributed by atoms with E-state index in [9.17, 15) is 10.1 Å². The van der Waals surface area contributed by atoms with Gasteiger partial charge in [-0.05, 0) is 37.1 Å². The minimum atomic E-state index is -0.101. The molecule has 3 heterocycles. The largest absolute Gasteiger partial charge is 0.493 e. The fourth-order valence-corrected chi connectivity index (χ4v) is 3.67. The highest BCUT2D eigenvalue weighted by atomic mass is 16.5. The molecule has 2 aromatic heterocycles. The van der Waals surface area contributed by atoms with Gasteiger partial charge in [0.25, 0.3) is 5.89 Å². The minimum Gasteiger partial charge on any atom is -0.493 e. The first kappa shape index (κ1) is 21.3. The molecule has 9 nitrogen and oxygen atoms in total. The van der Waals surface area contributed by atoms with Gasteiger partial charge in [-0.3, -0.25) is 4.79 Å². The number of methoxy groups -OCH3 is 1. The van der Waals surface area contributed by atoms with Gasteiger partial charge in [-0.15, -0.1) is 0 Å². The molecule has 0 unspecified atom stereocenters. The molecule has 1 aromatic carbocycles. The first-order valence-corrected chi connectivity index (χ1v) is 10.4. The van der Waals surface area contributed by atoms with Crippen molar-refractivity contribution in [3.8, 4) is 29.2 Å². The van der Waals surface area contributed by atoms with Crippen LogP contribution in [0.25, 0.3) is 11.7 Å². The number of benzene rings is 1. The fourth-order valence-electron chi connectivity index (χ4n) is 3.67. The van der Waals surface area contributed by atoms with Crippen LogP contribution in [-0.4, -0.2) is 44.2 Å². The summed E-state index contributed by atoms with van der Waals surface area (Å²) >= 11 is 0. The van der Waals surface area contributed by atoms with Crippen LogP contribution in [0.15, 0.2) is 51.5 Å². The van der Waals surface area contributed by atoms with E-state index in [1.54, 1.807) is 19.2 Å². The van der Waals surface area contributed by atoms with Crippen LogP contribution in [0.4, 0.5) is 5.88 Å². The standard InChI is InChI=1S/C23H24N4O5/c1-29-18-5-2-3-6-19(18)31-14-10-25-21(28)16-8-11-27(12-9-16)23-17(15-24)26-22(32-23)20-7-4-13-30-20/h2-7,13,16H,8-12,14H2,1H3,(H,25,28). The van der Waals surface area contributed by atoms with Crippen LogP contribution < -0.4 is 19.7 Å². The van der Waals surface area contributed by atoms with Gasteiger partial charge in [0.2, 0.25) is 17.5 Å². The van der Waals surface area contributed by atoms with Crippen LogP contribution in [0.1, 0.15) is 18.5 Å². The highest BCUT2D eigenvalue weighted by Gasteiger charge is 2.29. The molecule has 0 aliphatic carbocycles. The van der Waals surface area contributed by atoms with Gasteiger partial charge in [-0.2, -0.15) is 10.2 Å². The lowest BCUT2D eigenvalue weighted by atomic mass is 9.96. The molecule has 32 heavy (non-hydrogen) atoms. The predicted octanol–water partition coefficient (Wildman–Crippen LogP) is 3.23. The maximum atomic E-state index is 12.5. The molecule has 3 aromatic rings. The van der Waals surface area contributed by atoms with Crippen molar-refractivity contribution in [3.63, 3.8) is 0 Å². The number of ether oxygens (including phenoxy) is 2. The zero-order valence-corrected chi connectivity index (χ0v) is 17.7. The summed E-state index contributed by atoms with van der Waals surface area (Å²) in [5, 5.41) is 12.4. The number of nitrogens with zero attached hydrogens (tertiary/aromatic N) is 3. The normalized spacial score (nSPS) is 14.1. The van der Waals surface area contributed by atoms with Gasteiger partial charge in [-0.1, -0.05) is 12.1 Å². The first-order chi connectivity index (χ1) is 15.7. The molecule has 1 N–H and O–H groups in total. The highest BCUT2D eigenvalue weighted by molar-refractivity contribution is 5.79. The van der Waals surface area contributed by atoms with E-state index in [2.05, 4.69) is 16.4 Å². The molecule has 1 aliphatic heterocycles. The number of carbonyl (C=O) groups is 1. The monoisotopic (exact) mass is 436 g/mol. The molecule has 1 fully saturated rings. The molecule has 0 bridgehead atoms. The van der Waals surface area contributed by atoms with Crippen molar-refractivity contribution in [1.29, 1.82) is 5.26 Å². The van der Waals surface area contributed by atoms with Crippen LogP contribution in [0, 0.1) is 17.2 Å². The number of nitriles is 1. The number of anilines is 1. The molecule has 166 valence electrons. The number of piperidine rings is 1. The van der Waals surface area contributed by atoms with Gasteiger partial charge in [0, 0.05) is 19.0 Å². The van der Waals surface area contributed by atoms with E-state index in [1.165, 1.54) is 6.26 Å². The number of hydrogen-bond donors (Lipinski definition) is 1. The Morgan fingerprint density at radius 3 is 2.72 bits per heavy atom. The fraction of sp³-hybridized carbons (Fsp3) is 0.348. The van der Waals surface area contributed by atoms with E-state index in [4.69, 9.17) is 18.3 Å².